The molecule has 2 heterocycles. The Hall–Kier alpha value is -3.07. The molecule has 0 spiro atoms. The van der Waals surface area contributed by atoms with Gasteiger partial charge in [-0.3, -0.25) is 4.72 Å². The van der Waals surface area contributed by atoms with E-state index in [0.717, 1.165) is 28.7 Å². The summed E-state index contributed by atoms with van der Waals surface area (Å²) in [5.74, 6) is -0.319. The summed E-state index contributed by atoms with van der Waals surface area (Å²) >= 11 is 6.66. The van der Waals surface area contributed by atoms with Crippen molar-refractivity contribution in [1.29, 1.82) is 0 Å². The van der Waals surface area contributed by atoms with Crippen molar-refractivity contribution in [2.45, 2.75) is 37.3 Å². The van der Waals surface area contributed by atoms with E-state index in [1.165, 1.54) is 13.2 Å². The highest BCUT2D eigenvalue weighted by atomic mass is 35.5. The molecule has 1 fully saturated rings. The zero-order valence-corrected chi connectivity index (χ0v) is 21.7. The Kier molecular flexibility index (Phi) is 6.44. The predicted molar refractivity (Wildman–Crippen MR) is 139 cm³/mol. The minimum absolute atomic E-state index is 0.0724. The predicted octanol–water partition coefficient (Wildman–Crippen LogP) is 5.79. The molecule has 36 heavy (non-hydrogen) atoms. The van der Waals surface area contributed by atoms with Crippen LogP contribution in [0.25, 0.3) is 0 Å². The van der Waals surface area contributed by atoms with Gasteiger partial charge in [-0.15, -0.1) is 0 Å². The third kappa shape index (κ3) is 4.45. The second kappa shape index (κ2) is 9.42. The van der Waals surface area contributed by atoms with Gasteiger partial charge in [-0.2, -0.15) is 0 Å². The zero-order valence-electron chi connectivity index (χ0n) is 20.2. The number of carbonyl (C=O) groups is 1. The van der Waals surface area contributed by atoms with Gasteiger partial charge in [0, 0.05) is 23.8 Å². The van der Waals surface area contributed by atoms with Crippen molar-refractivity contribution in [2.75, 3.05) is 23.8 Å². The lowest BCUT2D eigenvalue weighted by Crippen LogP contribution is -2.30. The summed E-state index contributed by atoms with van der Waals surface area (Å²) in [6, 6.07) is 15.7. The van der Waals surface area contributed by atoms with Crippen molar-refractivity contribution in [1.82, 2.24) is 0 Å². The van der Waals surface area contributed by atoms with Crippen LogP contribution in [0.3, 0.4) is 0 Å². The van der Waals surface area contributed by atoms with Gasteiger partial charge < -0.3 is 14.8 Å². The van der Waals surface area contributed by atoms with Crippen LogP contribution in [0.2, 0.25) is 5.02 Å². The van der Waals surface area contributed by atoms with Crippen LogP contribution in [0.4, 0.5) is 11.4 Å². The highest BCUT2D eigenvalue weighted by molar-refractivity contribution is 7.92. The summed E-state index contributed by atoms with van der Waals surface area (Å²) < 4.78 is 40.1. The minimum Gasteiger partial charge on any atom is -0.465 e. The molecule has 3 aromatic carbocycles. The largest absolute Gasteiger partial charge is 0.465 e. The van der Waals surface area contributed by atoms with E-state index < -0.39 is 16.0 Å². The van der Waals surface area contributed by atoms with Crippen LogP contribution in [0, 0.1) is 19.8 Å². The maximum absolute atomic E-state index is 13.3. The van der Waals surface area contributed by atoms with E-state index in [1.807, 2.05) is 32.0 Å². The lowest BCUT2D eigenvalue weighted by molar-refractivity contribution is 0.0600. The Balaban J connectivity index is 1.48. The van der Waals surface area contributed by atoms with Gasteiger partial charge in [-0.25, -0.2) is 13.2 Å². The Morgan fingerprint density at radius 3 is 2.53 bits per heavy atom. The Morgan fingerprint density at radius 1 is 1.08 bits per heavy atom. The van der Waals surface area contributed by atoms with Crippen molar-refractivity contribution >= 4 is 39.0 Å². The molecular formula is C27H27ClN2O5S. The molecule has 5 rings (SSSR count). The molecule has 3 aromatic rings. The summed E-state index contributed by atoms with van der Waals surface area (Å²) in [6.07, 6.45) is 0.497. The van der Waals surface area contributed by atoms with E-state index >= 15 is 0 Å². The number of ether oxygens (including phenoxy) is 2. The van der Waals surface area contributed by atoms with Crippen LogP contribution in [0.15, 0.2) is 59.5 Å². The molecule has 0 aliphatic carbocycles. The number of esters is 1. The number of anilines is 2. The van der Waals surface area contributed by atoms with Crippen LogP contribution in [-0.2, 0) is 19.5 Å². The molecular weight excluding hydrogens is 500 g/mol. The highest BCUT2D eigenvalue weighted by Gasteiger charge is 2.43. The fourth-order valence-corrected chi connectivity index (χ4v) is 6.41. The van der Waals surface area contributed by atoms with E-state index in [2.05, 4.69) is 10.0 Å². The molecule has 3 atom stereocenters. The number of sulfonamides is 1. The summed E-state index contributed by atoms with van der Waals surface area (Å²) in [5, 5.41) is 3.82. The summed E-state index contributed by atoms with van der Waals surface area (Å²) in [7, 11) is -2.52. The van der Waals surface area contributed by atoms with Crippen molar-refractivity contribution in [3.63, 3.8) is 0 Å². The van der Waals surface area contributed by atoms with Crippen molar-refractivity contribution in [2.24, 2.45) is 5.92 Å². The number of hydrogen-bond donors (Lipinski definition) is 2. The average Bonchev–Trinajstić information content (AvgIpc) is 3.36. The van der Waals surface area contributed by atoms with Gasteiger partial charge in [0.1, 0.15) is 0 Å². The molecule has 2 N–H and O–H groups in total. The van der Waals surface area contributed by atoms with Gasteiger partial charge in [0.15, 0.2) is 0 Å². The lowest BCUT2D eigenvalue weighted by atomic mass is 9.81. The number of methoxy groups -OCH3 is 1. The number of rotatable bonds is 5. The van der Waals surface area contributed by atoms with Gasteiger partial charge in [-0.05, 0) is 73.4 Å². The number of benzene rings is 3. The first-order valence-corrected chi connectivity index (χ1v) is 13.5. The molecule has 0 saturated carbocycles. The van der Waals surface area contributed by atoms with Crippen LogP contribution in [0.5, 0.6) is 0 Å². The average molecular weight is 527 g/mol. The molecule has 1 saturated heterocycles. The number of fused-ring (bicyclic) bond motifs is 3. The first kappa shape index (κ1) is 24.6. The molecule has 1 unspecified atom stereocenters. The van der Waals surface area contributed by atoms with E-state index in [1.54, 1.807) is 30.3 Å². The van der Waals surface area contributed by atoms with Gasteiger partial charge >= 0.3 is 5.97 Å². The first-order chi connectivity index (χ1) is 17.2. The number of nitrogens with one attached hydrogen (secondary N) is 2. The van der Waals surface area contributed by atoms with Crippen molar-refractivity contribution in [3.05, 3.63) is 87.4 Å². The first-order valence-electron chi connectivity index (χ1n) is 11.7. The number of carbonyl (C=O) groups excluding carboxylic acids is 1. The number of hydrogen-bond acceptors (Lipinski definition) is 6. The molecule has 7 nitrogen and oxygen atoms in total. The third-order valence-electron chi connectivity index (χ3n) is 7.03. The maximum Gasteiger partial charge on any atom is 0.337 e. The third-order valence-corrected chi connectivity index (χ3v) is 8.69. The van der Waals surface area contributed by atoms with Crippen LogP contribution in [0.1, 0.15) is 51.2 Å². The normalized spacial score (nSPS) is 20.7. The monoisotopic (exact) mass is 526 g/mol. The second-order valence-corrected chi connectivity index (χ2v) is 11.3. The van der Waals surface area contributed by atoms with E-state index in [9.17, 15) is 13.2 Å². The molecule has 0 radical (unpaired) electrons. The van der Waals surface area contributed by atoms with E-state index in [4.69, 9.17) is 21.1 Å². The maximum atomic E-state index is 13.3. The lowest BCUT2D eigenvalue weighted by Gasteiger charge is -2.37. The summed E-state index contributed by atoms with van der Waals surface area (Å²) in [6.45, 7) is 4.47. The minimum atomic E-state index is -3.87. The SMILES string of the molecule is COC(=O)c1ccc(C2Nc3c(Cl)cc(S(=O)(=O)Nc4ccc(C)c(C)c4)cc3[C@H]3OCC[C@@H]23)cc1. The van der Waals surface area contributed by atoms with Crippen LogP contribution < -0.4 is 10.0 Å². The van der Waals surface area contributed by atoms with Gasteiger partial charge in [-0.1, -0.05) is 29.8 Å². The summed E-state index contributed by atoms with van der Waals surface area (Å²) in [4.78, 5) is 11.9. The van der Waals surface area contributed by atoms with Crippen molar-refractivity contribution < 1.29 is 22.7 Å². The molecule has 9 heteroatoms. The Morgan fingerprint density at radius 2 is 1.83 bits per heavy atom. The number of aryl methyl sites for hydroxylation is 2. The molecule has 0 bridgehead atoms. The molecule has 2 aliphatic rings. The summed E-state index contributed by atoms with van der Waals surface area (Å²) in [5.41, 5.74) is 5.42. The molecule has 0 aromatic heterocycles. The van der Waals surface area contributed by atoms with E-state index in [0.29, 0.717) is 28.6 Å². The van der Waals surface area contributed by atoms with Gasteiger partial charge in [0.05, 0.1) is 40.4 Å². The standard InChI is InChI=1S/C27H27ClN2O5S/c1-15-4-9-19(12-16(15)2)30-36(32,33)20-13-22-25(23(28)14-20)29-24(21-10-11-35-26(21)22)17-5-7-18(8-6-17)27(31)34-3/h4-9,12-14,21,24,26,29-30H,10-11H2,1-3H3/t21-,24?,26-/m0/s1. The quantitative estimate of drug-likeness (QED) is 0.409. The zero-order chi connectivity index (χ0) is 25.6. The second-order valence-electron chi connectivity index (χ2n) is 9.25. The van der Waals surface area contributed by atoms with Gasteiger partial charge in [0.25, 0.3) is 10.0 Å². The molecule has 2 aliphatic heterocycles. The fourth-order valence-electron chi connectivity index (χ4n) is 4.96. The van der Waals surface area contributed by atoms with Crippen LogP contribution in [-0.4, -0.2) is 28.1 Å². The van der Waals surface area contributed by atoms with Gasteiger partial charge in [0.2, 0.25) is 0 Å². The Bertz CT molecular complexity index is 1440. The van der Waals surface area contributed by atoms with Crippen LogP contribution >= 0.6 is 11.6 Å². The topological polar surface area (TPSA) is 93.7 Å². The number of halogens is 1. The Labute approximate surface area is 215 Å². The van der Waals surface area contributed by atoms with Crippen molar-refractivity contribution in [3.8, 4) is 0 Å². The van der Waals surface area contributed by atoms with E-state index in [-0.39, 0.29) is 23.0 Å². The highest BCUT2D eigenvalue weighted by Crippen LogP contribution is 2.52. The molecule has 188 valence electrons. The molecule has 0 amide bonds. The smallest absolute Gasteiger partial charge is 0.337 e. The fraction of sp³-hybridized carbons (Fsp3) is 0.296.